The van der Waals surface area contributed by atoms with E-state index in [2.05, 4.69) is 15.5 Å². The lowest BCUT2D eigenvalue weighted by Gasteiger charge is -2.12. The molecular formula is C21H22FN3O3S. The van der Waals surface area contributed by atoms with Gasteiger partial charge in [-0.3, -0.25) is 4.79 Å². The molecule has 152 valence electrons. The molecule has 0 saturated carbocycles. The second-order valence-electron chi connectivity index (χ2n) is 6.40. The van der Waals surface area contributed by atoms with E-state index < -0.39 is 11.9 Å². The second-order valence-corrected chi connectivity index (χ2v) is 7.32. The predicted molar refractivity (Wildman–Crippen MR) is 110 cm³/mol. The molecule has 3 rings (SSSR count). The van der Waals surface area contributed by atoms with Gasteiger partial charge in [0.05, 0.1) is 5.75 Å². The number of nitrogens with zero attached hydrogens (tertiary/aromatic N) is 2. The number of rotatable bonds is 8. The molecule has 0 bridgehead atoms. The minimum Gasteiger partial charge on any atom is -0.478 e. The molecule has 1 heterocycles. The maximum absolute atomic E-state index is 13.7. The average Bonchev–Trinajstić information content (AvgIpc) is 3.19. The molecule has 0 aliphatic heterocycles. The fourth-order valence-corrected chi connectivity index (χ4v) is 3.30. The fourth-order valence-electron chi connectivity index (χ4n) is 2.73. The third-order valence-electron chi connectivity index (χ3n) is 4.24. The quantitative estimate of drug-likeness (QED) is 0.525. The lowest BCUT2D eigenvalue weighted by Crippen LogP contribution is -2.16. The zero-order valence-electron chi connectivity index (χ0n) is 16.4. The number of aromatic nitrogens is 2. The molecule has 6 nitrogen and oxygen atoms in total. The number of carbonyl (C=O) groups is 1. The van der Waals surface area contributed by atoms with Crippen molar-refractivity contribution in [3.63, 3.8) is 0 Å². The SMILES string of the molecule is CCc1cccc(C)c1NC(=O)CSc1nnc([C@H](C)Oc2ccccc2F)o1. The van der Waals surface area contributed by atoms with E-state index in [0.717, 1.165) is 35.0 Å². The Morgan fingerprint density at radius 3 is 2.79 bits per heavy atom. The van der Waals surface area contributed by atoms with Crippen LogP contribution >= 0.6 is 11.8 Å². The molecule has 0 aliphatic carbocycles. The van der Waals surface area contributed by atoms with Crippen molar-refractivity contribution in [2.45, 2.75) is 38.5 Å². The minimum atomic E-state index is -0.623. The van der Waals surface area contributed by atoms with Gasteiger partial charge in [-0.2, -0.15) is 0 Å². The van der Waals surface area contributed by atoms with Gasteiger partial charge in [-0.25, -0.2) is 4.39 Å². The summed E-state index contributed by atoms with van der Waals surface area (Å²) in [5, 5.41) is 11.1. The number of nitrogens with one attached hydrogen (secondary N) is 1. The highest BCUT2D eigenvalue weighted by molar-refractivity contribution is 7.99. The van der Waals surface area contributed by atoms with Crippen molar-refractivity contribution >= 4 is 23.4 Å². The van der Waals surface area contributed by atoms with Gasteiger partial charge in [-0.1, -0.05) is 49.0 Å². The highest BCUT2D eigenvalue weighted by atomic mass is 32.2. The van der Waals surface area contributed by atoms with Crippen molar-refractivity contribution in [1.82, 2.24) is 10.2 Å². The molecule has 0 unspecified atom stereocenters. The minimum absolute atomic E-state index is 0.108. The summed E-state index contributed by atoms with van der Waals surface area (Å²) in [5.41, 5.74) is 2.95. The van der Waals surface area contributed by atoms with E-state index in [9.17, 15) is 9.18 Å². The number of carbonyl (C=O) groups excluding carboxylic acids is 1. The van der Waals surface area contributed by atoms with Crippen molar-refractivity contribution in [1.29, 1.82) is 0 Å². The topological polar surface area (TPSA) is 77.2 Å². The van der Waals surface area contributed by atoms with Gasteiger partial charge in [0.15, 0.2) is 17.7 Å². The van der Waals surface area contributed by atoms with Crippen LogP contribution in [0.1, 0.15) is 37.0 Å². The fraction of sp³-hybridized carbons (Fsp3) is 0.286. The summed E-state index contributed by atoms with van der Waals surface area (Å²) in [7, 11) is 0. The van der Waals surface area contributed by atoms with Gasteiger partial charge < -0.3 is 14.5 Å². The number of ether oxygens (including phenoxy) is 1. The standard InChI is InChI=1S/C21H22FN3O3S/c1-4-15-9-7-8-13(2)19(15)23-18(26)12-29-21-25-24-20(28-21)14(3)27-17-11-6-5-10-16(17)22/h5-11,14H,4,12H2,1-3H3,(H,23,26)/t14-/m0/s1. The van der Waals surface area contributed by atoms with E-state index in [4.69, 9.17) is 9.15 Å². The number of aryl methyl sites for hydroxylation is 2. The number of halogens is 1. The number of amides is 1. The molecule has 3 aromatic rings. The Morgan fingerprint density at radius 2 is 2.03 bits per heavy atom. The number of hydrogen-bond donors (Lipinski definition) is 1. The van der Waals surface area contributed by atoms with Crippen LogP contribution in [0.3, 0.4) is 0 Å². The number of para-hydroxylation sites is 2. The molecule has 0 aliphatic rings. The van der Waals surface area contributed by atoms with Crippen LogP contribution in [-0.2, 0) is 11.2 Å². The summed E-state index contributed by atoms with van der Waals surface area (Å²) in [5.74, 6) is -0.177. The molecule has 1 aromatic heterocycles. The van der Waals surface area contributed by atoms with E-state index in [1.807, 2.05) is 32.0 Å². The van der Waals surface area contributed by atoms with Crippen LogP contribution in [0.5, 0.6) is 5.75 Å². The highest BCUT2D eigenvalue weighted by Gasteiger charge is 2.18. The summed E-state index contributed by atoms with van der Waals surface area (Å²) in [6.45, 7) is 5.69. The molecular weight excluding hydrogens is 393 g/mol. The van der Waals surface area contributed by atoms with Gasteiger partial charge in [0, 0.05) is 5.69 Å². The number of hydrogen-bond acceptors (Lipinski definition) is 6. The van der Waals surface area contributed by atoms with Crippen LogP contribution in [0.15, 0.2) is 52.1 Å². The molecule has 0 spiro atoms. The summed E-state index contributed by atoms with van der Waals surface area (Å²) < 4.78 is 24.8. The van der Waals surface area contributed by atoms with Crippen molar-refractivity contribution in [2.24, 2.45) is 0 Å². The maximum Gasteiger partial charge on any atom is 0.277 e. The van der Waals surface area contributed by atoms with Crippen LogP contribution in [0.2, 0.25) is 0 Å². The zero-order chi connectivity index (χ0) is 20.8. The Hall–Kier alpha value is -2.87. The molecule has 0 radical (unpaired) electrons. The first-order valence-electron chi connectivity index (χ1n) is 9.23. The predicted octanol–water partition coefficient (Wildman–Crippen LogP) is 4.95. The molecule has 29 heavy (non-hydrogen) atoms. The molecule has 1 amide bonds. The third kappa shape index (κ3) is 5.35. The first-order chi connectivity index (χ1) is 14.0. The summed E-state index contributed by atoms with van der Waals surface area (Å²) >= 11 is 1.13. The Balaban J connectivity index is 1.56. The first-order valence-corrected chi connectivity index (χ1v) is 10.2. The number of anilines is 1. The van der Waals surface area contributed by atoms with E-state index in [1.165, 1.54) is 12.1 Å². The van der Waals surface area contributed by atoms with Crippen molar-refractivity contribution < 1.29 is 18.3 Å². The van der Waals surface area contributed by atoms with Crippen LogP contribution < -0.4 is 10.1 Å². The first kappa shape index (κ1) is 20.9. The molecule has 8 heteroatoms. The monoisotopic (exact) mass is 415 g/mol. The average molecular weight is 415 g/mol. The number of benzene rings is 2. The Kier molecular flexibility index (Phi) is 6.87. The molecule has 0 saturated heterocycles. The second kappa shape index (κ2) is 9.56. The van der Waals surface area contributed by atoms with Gasteiger partial charge in [0.25, 0.3) is 11.1 Å². The van der Waals surface area contributed by atoms with Crippen LogP contribution in [0.4, 0.5) is 10.1 Å². The van der Waals surface area contributed by atoms with Gasteiger partial charge in [-0.15, -0.1) is 10.2 Å². The van der Waals surface area contributed by atoms with E-state index in [1.54, 1.807) is 19.1 Å². The van der Waals surface area contributed by atoms with Gasteiger partial charge in [0.2, 0.25) is 5.91 Å². The van der Waals surface area contributed by atoms with Crippen LogP contribution in [0, 0.1) is 12.7 Å². The highest BCUT2D eigenvalue weighted by Crippen LogP contribution is 2.26. The van der Waals surface area contributed by atoms with Crippen molar-refractivity contribution in [3.8, 4) is 5.75 Å². The molecule has 0 fully saturated rings. The number of thioether (sulfide) groups is 1. The summed E-state index contributed by atoms with van der Waals surface area (Å²) in [6, 6.07) is 12.0. The lowest BCUT2D eigenvalue weighted by molar-refractivity contribution is -0.113. The Bertz CT molecular complexity index is 993. The van der Waals surface area contributed by atoms with Gasteiger partial charge in [-0.05, 0) is 43.5 Å². The summed E-state index contributed by atoms with van der Waals surface area (Å²) in [6.07, 6.45) is 0.207. The maximum atomic E-state index is 13.7. The van der Waals surface area contributed by atoms with Crippen LogP contribution in [0.25, 0.3) is 0 Å². The van der Waals surface area contributed by atoms with Crippen molar-refractivity contribution in [2.75, 3.05) is 11.1 Å². The Labute approximate surface area is 172 Å². The zero-order valence-corrected chi connectivity index (χ0v) is 17.3. The summed E-state index contributed by atoms with van der Waals surface area (Å²) in [4.78, 5) is 12.3. The van der Waals surface area contributed by atoms with Crippen LogP contribution in [-0.4, -0.2) is 21.9 Å². The molecule has 1 N–H and O–H groups in total. The van der Waals surface area contributed by atoms with E-state index >= 15 is 0 Å². The Morgan fingerprint density at radius 1 is 1.24 bits per heavy atom. The lowest BCUT2D eigenvalue weighted by atomic mass is 10.1. The van der Waals surface area contributed by atoms with Gasteiger partial charge in [0.1, 0.15) is 0 Å². The normalized spacial score (nSPS) is 11.9. The van der Waals surface area contributed by atoms with Crippen molar-refractivity contribution in [3.05, 3.63) is 65.3 Å². The van der Waals surface area contributed by atoms with E-state index in [-0.39, 0.29) is 28.5 Å². The van der Waals surface area contributed by atoms with E-state index in [0.29, 0.717) is 0 Å². The third-order valence-corrected chi connectivity index (χ3v) is 5.06. The smallest absolute Gasteiger partial charge is 0.277 e. The van der Waals surface area contributed by atoms with Gasteiger partial charge >= 0.3 is 0 Å². The molecule has 1 atom stereocenters. The largest absolute Gasteiger partial charge is 0.478 e. The molecule has 2 aromatic carbocycles.